The molecule has 0 aromatic carbocycles. The van der Waals surface area contributed by atoms with Gasteiger partial charge in [0.15, 0.2) is 0 Å². The van der Waals surface area contributed by atoms with Crippen LogP contribution in [-0.2, 0) is 0 Å². The SMILES string of the molecule is O.O.O.O.P.[NaH].[NaH].[NaH]. The summed E-state index contributed by atoms with van der Waals surface area (Å²) in [6, 6.07) is 0. The molecule has 0 fully saturated rings. The molecule has 0 saturated carbocycles. The summed E-state index contributed by atoms with van der Waals surface area (Å²) in [5, 5.41) is 0. The molecular formula is H14Na3O4P. The molecule has 0 aliphatic heterocycles. The summed E-state index contributed by atoms with van der Waals surface area (Å²) in [5.74, 6) is 0. The van der Waals surface area contributed by atoms with E-state index in [9.17, 15) is 0 Å². The van der Waals surface area contributed by atoms with Gasteiger partial charge in [0, 0.05) is 0 Å². The van der Waals surface area contributed by atoms with Crippen molar-refractivity contribution in [3.05, 3.63) is 0 Å². The molecule has 1 unspecified atom stereocenters. The summed E-state index contributed by atoms with van der Waals surface area (Å²) in [7, 11) is 0. The second kappa shape index (κ2) is 82.5. The average Bonchev–Trinajstić information content (AvgIpc) is 0. The molecule has 0 amide bonds. The van der Waals surface area contributed by atoms with E-state index in [-0.39, 0.29) is 120 Å². The van der Waals surface area contributed by atoms with Crippen LogP contribution in [0.4, 0.5) is 0 Å². The Morgan fingerprint density at radius 3 is 0.375 bits per heavy atom. The fourth-order valence-electron chi connectivity index (χ4n) is 0. The van der Waals surface area contributed by atoms with Crippen molar-refractivity contribution in [2.75, 3.05) is 0 Å². The molecule has 0 bridgehead atoms. The maximum atomic E-state index is 0. The molecule has 0 spiro atoms. The number of hydrogen-bond donors (Lipinski definition) is 0. The van der Waals surface area contributed by atoms with Gasteiger partial charge in [0.05, 0.1) is 0 Å². The summed E-state index contributed by atoms with van der Waals surface area (Å²) in [5.41, 5.74) is 0. The van der Waals surface area contributed by atoms with Crippen LogP contribution in [0.2, 0.25) is 0 Å². The van der Waals surface area contributed by atoms with E-state index in [4.69, 9.17) is 0 Å². The van der Waals surface area contributed by atoms with Gasteiger partial charge in [-0.3, -0.25) is 0 Å². The number of rotatable bonds is 0. The molecule has 0 aliphatic rings. The van der Waals surface area contributed by atoms with Gasteiger partial charge in [-0.1, -0.05) is 0 Å². The second-order valence-corrected chi connectivity index (χ2v) is 0. The number of hydrogen-bond acceptors (Lipinski definition) is 0. The molecule has 8 N–H and O–H groups in total. The second-order valence-electron chi connectivity index (χ2n) is 0. The Morgan fingerprint density at radius 1 is 0.375 bits per heavy atom. The van der Waals surface area contributed by atoms with Crippen LogP contribution in [0.25, 0.3) is 0 Å². The van der Waals surface area contributed by atoms with Crippen molar-refractivity contribution in [3.63, 3.8) is 0 Å². The van der Waals surface area contributed by atoms with E-state index in [1.54, 1.807) is 0 Å². The topological polar surface area (TPSA) is 126 Å². The van der Waals surface area contributed by atoms with Crippen molar-refractivity contribution in [3.8, 4) is 0 Å². The van der Waals surface area contributed by atoms with Crippen LogP contribution in [-0.4, -0.2) is 111 Å². The molecule has 0 aliphatic carbocycles. The molecule has 0 aromatic rings. The standard InChI is InChI=1S/3Na.4H2O.H3P.3H/h;;;4*1H2;1H3;;;. The van der Waals surface area contributed by atoms with Crippen LogP contribution in [0.5, 0.6) is 0 Å². The van der Waals surface area contributed by atoms with Crippen molar-refractivity contribution in [2.45, 2.75) is 0 Å². The Kier molecular flexibility index (Phi) is 1150. The first-order valence-electron chi connectivity index (χ1n) is 0. The molecule has 0 aromatic heterocycles. The molecule has 0 rings (SSSR count). The fourth-order valence-corrected chi connectivity index (χ4v) is 0. The van der Waals surface area contributed by atoms with Crippen molar-refractivity contribution in [2.24, 2.45) is 0 Å². The van der Waals surface area contributed by atoms with Gasteiger partial charge in [0.2, 0.25) is 0 Å². The quantitative estimate of drug-likeness (QED) is 0.259. The van der Waals surface area contributed by atoms with Crippen LogP contribution in [0.3, 0.4) is 0 Å². The molecule has 0 saturated heterocycles. The van der Waals surface area contributed by atoms with E-state index in [2.05, 4.69) is 0 Å². The van der Waals surface area contributed by atoms with Crippen molar-refractivity contribution >= 4 is 98.6 Å². The predicted molar refractivity (Wildman–Crippen MR) is 47.0 cm³/mol. The Morgan fingerprint density at radius 2 is 0.375 bits per heavy atom. The van der Waals surface area contributed by atoms with Gasteiger partial charge in [0.25, 0.3) is 0 Å². The average molecular weight is 178 g/mol. The maximum absolute atomic E-state index is 0. The first-order chi connectivity index (χ1) is 0. The summed E-state index contributed by atoms with van der Waals surface area (Å²) < 4.78 is 0. The summed E-state index contributed by atoms with van der Waals surface area (Å²) in [4.78, 5) is 0. The molecule has 8 heavy (non-hydrogen) atoms. The Bertz CT molecular complexity index is 11.2. The summed E-state index contributed by atoms with van der Waals surface area (Å²) >= 11 is 0. The third-order valence-electron chi connectivity index (χ3n) is 0. The van der Waals surface area contributed by atoms with Crippen molar-refractivity contribution in [1.29, 1.82) is 0 Å². The normalized spacial score (nSPS) is 0. The van der Waals surface area contributed by atoms with E-state index >= 15 is 0 Å². The monoisotopic (exact) mass is 178 g/mol. The fraction of sp³-hybridized carbons (Fsp3) is 0. The minimum atomic E-state index is 0. The zero-order valence-corrected chi connectivity index (χ0v) is 4.12. The van der Waals surface area contributed by atoms with Crippen LogP contribution in [0.15, 0.2) is 0 Å². The van der Waals surface area contributed by atoms with Crippen molar-refractivity contribution < 1.29 is 21.9 Å². The van der Waals surface area contributed by atoms with Gasteiger partial charge in [-0.05, 0) is 0 Å². The zero-order valence-electron chi connectivity index (χ0n) is 2.71. The van der Waals surface area contributed by atoms with Gasteiger partial charge in [0.1, 0.15) is 0 Å². The van der Waals surface area contributed by atoms with E-state index in [1.165, 1.54) is 0 Å². The Hall–Kier alpha value is 3.27. The van der Waals surface area contributed by atoms with Crippen molar-refractivity contribution in [1.82, 2.24) is 0 Å². The van der Waals surface area contributed by atoms with Gasteiger partial charge in [-0.15, -0.1) is 0 Å². The van der Waals surface area contributed by atoms with Gasteiger partial charge < -0.3 is 21.9 Å². The molecule has 8 heteroatoms. The molecule has 46 valence electrons. The summed E-state index contributed by atoms with van der Waals surface area (Å²) in [6.07, 6.45) is 0. The van der Waals surface area contributed by atoms with Crippen LogP contribution >= 0.6 is 9.90 Å². The third kappa shape index (κ3) is 59.3. The molecular weight excluding hydrogens is 164 g/mol. The zero-order chi connectivity index (χ0) is 0. The van der Waals surface area contributed by atoms with E-state index < -0.39 is 0 Å². The Balaban J connectivity index is 0. The van der Waals surface area contributed by atoms with Gasteiger partial charge >= 0.3 is 88.7 Å². The van der Waals surface area contributed by atoms with Gasteiger partial charge in [-0.25, -0.2) is 0 Å². The van der Waals surface area contributed by atoms with E-state index in [0.717, 1.165) is 0 Å². The minimum absolute atomic E-state index is 0. The Labute approximate surface area is 118 Å². The molecule has 4 nitrogen and oxygen atoms in total. The first kappa shape index (κ1) is 111. The van der Waals surface area contributed by atoms with Gasteiger partial charge in [-0.2, -0.15) is 9.90 Å². The van der Waals surface area contributed by atoms with E-state index in [1.807, 2.05) is 0 Å². The van der Waals surface area contributed by atoms with Crippen LogP contribution in [0.1, 0.15) is 0 Å². The third-order valence-corrected chi connectivity index (χ3v) is 0. The molecule has 0 heterocycles. The molecule has 0 radical (unpaired) electrons. The molecule has 1 atom stereocenters. The predicted octanol–water partition coefficient (Wildman–Crippen LogP) is -5.19. The summed E-state index contributed by atoms with van der Waals surface area (Å²) in [6.45, 7) is 0. The van der Waals surface area contributed by atoms with Crippen LogP contribution < -0.4 is 0 Å². The van der Waals surface area contributed by atoms with E-state index in [0.29, 0.717) is 0 Å². The first-order valence-corrected chi connectivity index (χ1v) is 0. The van der Waals surface area contributed by atoms with Crippen LogP contribution in [0, 0.1) is 0 Å².